The van der Waals surface area contributed by atoms with Crippen LogP contribution in [0.5, 0.6) is 11.5 Å². The van der Waals surface area contributed by atoms with Gasteiger partial charge in [-0.3, -0.25) is 5.41 Å². The third-order valence-corrected chi connectivity index (χ3v) is 2.34. The lowest BCUT2D eigenvalue weighted by atomic mass is 10.2. The second-order valence-electron chi connectivity index (χ2n) is 3.78. The molecule has 0 aliphatic rings. The molecular weight excluding hydrogens is 216 g/mol. The summed E-state index contributed by atoms with van der Waals surface area (Å²) in [6.45, 7) is 4.62. The summed E-state index contributed by atoms with van der Waals surface area (Å²) < 4.78 is 11.1. The van der Waals surface area contributed by atoms with Crippen molar-refractivity contribution in [2.45, 2.75) is 32.8 Å². The Morgan fingerprint density at radius 1 is 1.24 bits per heavy atom. The summed E-state index contributed by atoms with van der Waals surface area (Å²) in [5.41, 5.74) is 5.37. The number of nitrogens with two attached hydrogens (primary N) is 1. The van der Waals surface area contributed by atoms with Crippen molar-refractivity contribution in [3.05, 3.63) is 24.3 Å². The number of hydrogen-bond donors (Lipinski definition) is 2. The van der Waals surface area contributed by atoms with E-state index in [0.29, 0.717) is 13.0 Å². The molecule has 0 aliphatic heterocycles. The Kier molecular flexibility index (Phi) is 5.33. The molecule has 1 rings (SSSR count). The Morgan fingerprint density at radius 3 is 2.29 bits per heavy atom. The van der Waals surface area contributed by atoms with E-state index in [1.807, 2.05) is 38.1 Å². The normalized spacial score (nSPS) is 11.9. The van der Waals surface area contributed by atoms with Crippen molar-refractivity contribution in [2.24, 2.45) is 5.73 Å². The molecule has 1 aromatic carbocycles. The van der Waals surface area contributed by atoms with Crippen molar-refractivity contribution in [3.8, 4) is 11.5 Å². The fourth-order valence-corrected chi connectivity index (χ4v) is 1.49. The minimum Gasteiger partial charge on any atom is -0.494 e. The average Bonchev–Trinajstić information content (AvgIpc) is 2.30. The molecule has 0 fully saturated rings. The molecule has 0 spiro atoms. The minimum absolute atomic E-state index is 0.0366. The van der Waals surface area contributed by atoms with Gasteiger partial charge in [0.1, 0.15) is 17.6 Å². The highest BCUT2D eigenvalue weighted by Gasteiger charge is 2.09. The van der Waals surface area contributed by atoms with Gasteiger partial charge in [0.2, 0.25) is 0 Å². The third-order valence-electron chi connectivity index (χ3n) is 2.34. The van der Waals surface area contributed by atoms with Crippen LogP contribution in [0.1, 0.15) is 26.7 Å². The van der Waals surface area contributed by atoms with E-state index in [1.54, 1.807) is 0 Å². The molecule has 17 heavy (non-hydrogen) atoms. The Hall–Kier alpha value is -1.71. The minimum atomic E-state index is -0.0366. The summed E-state index contributed by atoms with van der Waals surface area (Å²) in [4.78, 5) is 0. The van der Waals surface area contributed by atoms with Crippen molar-refractivity contribution in [1.29, 1.82) is 5.41 Å². The molecule has 0 amide bonds. The van der Waals surface area contributed by atoms with Crippen LogP contribution in [0.15, 0.2) is 24.3 Å². The number of hydrogen-bond acceptors (Lipinski definition) is 3. The quantitative estimate of drug-likeness (QED) is 0.564. The van der Waals surface area contributed by atoms with Gasteiger partial charge in [-0.05, 0) is 37.6 Å². The van der Waals surface area contributed by atoms with E-state index in [0.717, 1.165) is 17.9 Å². The smallest absolute Gasteiger partial charge is 0.120 e. The summed E-state index contributed by atoms with van der Waals surface area (Å²) in [5, 5.41) is 7.26. The number of benzene rings is 1. The molecule has 4 nitrogen and oxygen atoms in total. The first-order chi connectivity index (χ1) is 8.15. The van der Waals surface area contributed by atoms with Gasteiger partial charge in [-0.2, -0.15) is 0 Å². The summed E-state index contributed by atoms with van der Waals surface area (Å²) >= 11 is 0. The molecule has 94 valence electrons. The van der Waals surface area contributed by atoms with Gasteiger partial charge in [0.25, 0.3) is 0 Å². The zero-order valence-corrected chi connectivity index (χ0v) is 10.4. The van der Waals surface area contributed by atoms with Gasteiger partial charge >= 0.3 is 0 Å². The Bertz CT molecular complexity index is 349. The highest BCUT2D eigenvalue weighted by molar-refractivity contribution is 5.77. The average molecular weight is 236 g/mol. The van der Waals surface area contributed by atoms with Gasteiger partial charge in [-0.25, -0.2) is 0 Å². The molecule has 4 heteroatoms. The number of rotatable bonds is 7. The summed E-state index contributed by atoms with van der Waals surface area (Å²) in [5.74, 6) is 1.77. The fourth-order valence-electron chi connectivity index (χ4n) is 1.49. The van der Waals surface area contributed by atoms with Gasteiger partial charge in [0.05, 0.1) is 12.4 Å². The van der Waals surface area contributed by atoms with Gasteiger partial charge < -0.3 is 15.2 Å². The van der Waals surface area contributed by atoms with Crippen molar-refractivity contribution in [3.63, 3.8) is 0 Å². The van der Waals surface area contributed by atoms with Gasteiger partial charge in [0.15, 0.2) is 0 Å². The standard InChI is InChI=1S/C13H20N2O2/c1-3-10(9-13(14)15)17-12-7-5-11(6-8-12)16-4-2/h5-8,10H,3-4,9H2,1-2H3,(H3,14,15). The van der Waals surface area contributed by atoms with Crippen LogP contribution >= 0.6 is 0 Å². The van der Waals surface area contributed by atoms with Gasteiger partial charge in [0, 0.05) is 6.42 Å². The number of ether oxygens (including phenoxy) is 2. The van der Waals surface area contributed by atoms with E-state index >= 15 is 0 Å². The predicted molar refractivity (Wildman–Crippen MR) is 68.8 cm³/mol. The van der Waals surface area contributed by atoms with E-state index in [9.17, 15) is 0 Å². The molecule has 1 atom stereocenters. The van der Waals surface area contributed by atoms with E-state index in [1.165, 1.54) is 0 Å². The Morgan fingerprint density at radius 2 is 1.82 bits per heavy atom. The highest BCUT2D eigenvalue weighted by atomic mass is 16.5. The molecule has 0 saturated heterocycles. The van der Waals surface area contributed by atoms with Crippen molar-refractivity contribution >= 4 is 5.84 Å². The number of amidine groups is 1. The van der Waals surface area contributed by atoms with E-state index < -0.39 is 0 Å². The second kappa shape index (κ2) is 6.78. The summed E-state index contributed by atoms with van der Waals surface area (Å²) in [6, 6.07) is 7.49. The molecule has 0 aromatic heterocycles. The molecule has 1 aromatic rings. The molecule has 0 saturated carbocycles. The lowest BCUT2D eigenvalue weighted by Crippen LogP contribution is -2.23. The molecule has 0 heterocycles. The van der Waals surface area contributed by atoms with E-state index in [2.05, 4.69) is 0 Å². The van der Waals surface area contributed by atoms with Crippen molar-refractivity contribution in [1.82, 2.24) is 0 Å². The van der Waals surface area contributed by atoms with Crippen LogP contribution in [0.25, 0.3) is 0 Å². The monoisotopic (exact) mass is 236 g/mol. The number of nitrogens with one attached hydrogen (secondary N) is 1. The summed E-state index contributed by atoms with van der Waals surface area (Å²) in [7, 11) is 0. The van der Waals surface area contributed by atoms with Crippen LogP contribution in [0, 0.1) is 5.41 Å². The molecular formula is C13H20N2O2. The highest BCUT2D eigenvalue weighted by Crippen LogP contribution is 2.20. The first kappa shape index (κ1) is 13.4. The predicted octanol–water partition coefficient (Wildman–Crippen LogP) is 2.57. The van der Waals surface area contributed by atoms with Crippen molar-refractivity contribution in [2.75, 3.05) is 6.61 Å². The molecule has 0 bridgehead atoms. The topological polar surface area (TPSA) is 68.3 Å². The lowest BCUT2D eigenvalue weighted by molar-refractivity contribution is 0.204. The largest absolute Gasteiger partial charge is 0.494 e. The molecule has 3 N–H and O–H groups in total. The maximum atomic E-state index is 7.26. The van der Waals surface area contributed by atoms with Gasteiger partial charge in [-0.1, -0.05) is 6.92 Å². The molecule has 0 radical (unpaired) electrons. The van der Waals surface area contributed by atoms with E-state index in [-0.39, 0.29) is 11.9 Å². The Balaban J connectivity index is 2.57. The SMILES string of the molecule is CCOc1ccc(OC(CC)CC(=N)N)cc1. The van der Waals surface area contributed by atoms with Crippen LogP contribution in [-0.2, 0) is 0 Å². The maximum absolute atomic E-state index is 7.26. The van der Waals surface area contributed by atoms with E-state index in [4.69, 9.17) is 20.6 Å². The first-order valence-corrected chi connectivity index (χ1v) is 5.88. The summed E-state index contributed by atoms with van der Waals surface area (Å²) in [6.07, 6.45) is 1.25. The zero-order valence-electron chi connectivity index (χ0n) is 10.4. The second-order valence-corrected chi connectivity index (χ2v) is 3.78. The van der Waals surface area contributed by atoms with Crippen LogP contribution < -0.4 is 15.2 Å². The molecule has 1 unspecified atom stereocenters. The van der Waals surface area contributed by atoms with Crippen LogP contribution in [-0.4, -0.2) is 18.5 Å². The molecule has 0 aliphatic carbocycles. The maximum Gasteiger partial charge on any atom is 0.120 e. The lowest BCUT2D eigenvalue weighted by Gasteiger charge is -2.17. The van der Waals surface area contributed by atoms with Crippen LogP contribution in [0.3, 0.4) is 0 Å². The van der Waals surface area contributed by atoms with Crippen molar-refractivity contribution < 1.29 is 9.47 Å². The first-order valence-electron chi connectivity index (χ1n) is 5.88. The van der Waals surface area contributed by atoms with Gasteiger partial charge in [-0.15, -0.1) is 0 Å². The zero-order chi connectivity index (χ0) is 12.7. The fraction of sp³-hybridized carbons (Fsp3) is 0.462. The van der Waals surface area contributed by atoms with Crippen LogP contribution in [0.2, 0.25) is 0 Å². The van der Waals surface area contributed by atoms with Crippen LogP contribution in [0.4, 0.5) is 0 Å². The third kappa shape index (κ3) is 4.76. The Labute approximate surface area is 102 Å².